The van der Waals surface area contributed by atoms with E-state index in [1.54, 1.807) is 6.20 Å². The molecule has 1 aliphatic heterocycles. The molecule has 4 heterocycles. The van der Waals surface area contributed by atoms with Crippen LogP contribution >= 0.6 is 0 Å². The summed E-state index contributed by atoms with van der Waals surface area (Å²) in [6, 6.07) is 0. The molecule has 1 fully saturated rings. The summed E-state index contributed by atoms with van der Waals surface area (Å²) in [5.74, 6) is 1.27. The van der Waals surface area contributed by atoms with Gasteiger partial charge in [-0.05, 0) is 13.0 Å². The summed E-state index contributed by atoms with van der Waals surface area (Å²) in [6.45, 7) is 2.05. The lowest BCUT2D eigenvalue weighted by atomic mass is 10.1. The van der Waals surface area contributed by atoms with Crippen LogP contribution in [0.3, 0.4) is 0 Å². The van der Waals surface area contributed by atoms with E-state index in [4.69, 9.17) is 4.98 Å². The standard InChI is InChI=1S/C14H17N7/c1-15-13-14-20-11(9-2-3-16-4-9)8-21(14)12(7-17-13)10-5-18-19-6-10/h5-9,16H,2-4H2,1H3,(H,15,17)(H,18,19). The molecule has 21 heavy (non-hydrogen) atoms. The maximum atomic E-state index is 4.80. The normalized spacial score (nSPS) is 18.4. The zero-order valence-corrected chi connectivity index (χ0v) is 11.8. The van der Waals surface area contributed by atoms with Crippen molar-refractivity contribution in [3.63, 3.8) is 0 Å². The van der Waals surface area contributed by atoms with Crippen LogP contribution in [0.2, 0.25) is 0 Å². The second-order valence-corrected chi connectivity index (χ2v) is 5.28. The predicted molar refractivity (Wildman–Crippen MR) is 80.3 cm³/mol. The maximum Gasteiger partial charge on any atom is 0.180 e. The molecule has 0 saturated carbocycles. The van der Waals surface area contributed by atoms with Crippen LogP contribution < -0.4 is 10.6 Å². The molecule has 108 valence electrons. The second kappa shape index (κ2) is 4.85. The van der Waals surface area contributed by atoms with Crippen LogP contribution in [0.15, 0.2) is 24.8 Å². The highest BCUT2D eigenvalue weighted by molar-refractivity contribution is 5.70. The highest BCUT2D eigenvalue weighted by Crippen LogP contribution is 2.27. The van der Waals surface area contributed by atoms with Gasteiger partial charge in [-0.3, -0.25) is 9.50 Å². The van der Waals surface area contributed by atoms with E-state index in [9.17, 15) is 0 Å². The van der Waals surface area contributed by atoms with Crippen molar-refractivity contribution in [2.24, 2.45) is 0 Å². The van der Waals surface area contributed by atoms with Gasteiger partial charge in [0.15, 0.2) is 11.5 Å². The molecule has 3 aromatic rings. The Bertz CT molecular complexity index is 753. The van der Waals surface area contributed by atoms with Gasteiger partial charge in [-0.15, -0.1) is 0 Å². The van der Waals surface area contributed by atoms with Gasteiger partial charge in [-0.25, -0.2) is 9.97 Å². The highest BCUT2D eigenvalue weighted by atomic mass is 15.1. The van der Waals surface area contributed by atoms with E-state index in [0.717, 1.165) is 47.9 Å². The van der Waals surface area contributed by atoms with Crippen molar-refractivity contribution in [2.75, 3.05) is 25.5 Å². The number of imidazole rings is 1. The number of nitrogens with one attached hydrogen (secondary N) is 3. The quantitative estimate of drug-likeness (QED) is 0.673. The number of anilines is 1. The van der Waals surface area contributed by atoms with E-state index in [0.29, 0.717) is 5.92 Å². The summed E-state index contributed by atoms with van der Waals surface area (Å²) in [7, 11) is 1.87. The number of fused-ring (bicyclic) bond motifs is 1. The first kappa shape index (κ1) is 12.3. The lowest BCUT2D eigenvalue weighted by Gasteiger charge is -2.05. The predicted octanol–water partition coefficient (Wildman–Crippen LogP) is 1.24. The Morgan fingerprint density at radius 3 is 3.05 bits per heavy atom. The largest absolute Gasteiger partial charge is 0.370 e. The lowest BCUT2D eigenvalue weighted by molar-refractivity contribution is 0.742. The van der Waals surface area contributed by atoms with Crippen LogP contribution in [-0.2, 0) is 0 Å². The molecule has 1 aliphatic rings. The molecule has 3 aromatic heterocycles. The molecule has 7 nitrogen and oxygen atoms in total. The van der Waals surface area contributed by atoms with Gasteiger partial charge in [-0.1, -0.05) is 0 Å². The molecule has 3 N–H and O–H groups in total. The first-order valence-corrected chi connectivity index (χ1v) is 7.12. The molecule has 7 heteroatoms. The molecule has 0 aromatic carbocycles. The molecular formula is C14H17N7. The molecule has 0 amide bonds. The van der Waals surface area contributed by atoms with E-state index < -0.39 is 0 Å². The van der Waals surface area contributed by atoms with Crippen LogP contribution in [0.5, 0.6) is 0 Å². The summed E-state index contributed by atoms with van der Waals surface area (Å²) in [4.78, 5) is 9.27. The molecule has 1 saturated heterocycles. The van der Waals surface area contributed by atoms with Crippen molar-refractivity contribution < 1.29 is 0 Å². The smallest absolute Gasteiger partial charge is 0.180 e. The number of aromatic amines is 1. The van der Waals surface area contributed by atoms with Crippen LogP contribution in [0, 0.1) is 0 Å². The van der Waals surface area contributed by atoms with Gasteiger partial charge in [0.2, 0.25) is 0 Å². The Morgan fingerprint density at radius 1 is 1.38 bits per heavy atom. The Hall–Kier alpha value is -2.41. The molecule has 1 atom stereocenters. The number of hydrogen-bond acceptors (Lipinski definition) is 5. The third-order valence-electron chi connectivity index (χ3n) is 4.02. The van der Waals surface area contributed by atoms with Gasteiger partial charge < -0.3 is 10.6 Å². The Balaban J connectivity index is 1.91. The fraction of sp³-hybridized carbons (Fsp3) is 0.357. The van der Waals surface area contributed by atoms with Gasteiger partial charge in [0.25, 0.3) is 0 Å². The van der Waals surface area contributed by atoms with Crippen LogP contribution in [-0.4, -0.2) is 44.7 Å². The molecule has 0 aliphatic carbocycles. The molecular weight excluding hydrogens is 266 g/mol. The monoisotopic (exact) mass is 283 g/mol. The SMILES string of the molecule is CNc1ncc(-c2cn[nH]c2)n2cc(C3CCNC3)nc12. The number of rotatable bonds is 3. The van der Waals surface area contributed by atoms with Gasteiger partial charge in [0.05, 0.1) is 23.8 Å². The number of nitrogens with zero attached hydrogens (tertiary/aromatic N) is 4. The van der Waals surface area contributed by atoms with Crippen molar-refractivity contribution in [2.45, 2.75) is 12.3 Å². The molecule has 4 rings (SSSR count). The van der Waals surface area contributed by atoms with E-state index in [2.05, 4.69) is 36.4 Å². The fourth-order valence-electron chi connectivity index (χ4n) is 2.88. The van der Waals surface area contributed by atoms with Crippen LogP contribution in [0.1, 0.15) is 18.0 Å². The van der Waals surface area contributed by atoms with Crippen molar-refractivity contribution >= 4 is 11.5 Å². The third-order valence-corrected chi connectivity index (χ3v) is 4.02. The van der Waals surface area contributed by atoms with Crippen molar-refractivity contribution in [3.8, 4) is 11.3 Å². The van der Waals surface area contributed by atoms with E-state index in [-0.39, 0.29) is 0 Å². The zero-order valence-electron chi connectivity index (χ0n) is 11.8. The second-order valence-electron chi connectivity index (χ2n) is 5.28. The first-order valence-electron chi connectivity index (χ1n) is 7.12. The van der Waals surface area contributed by atoms with E-state index in [1.165, 1.54) is 0 Å². The number of aromatic nitrogens is 5. The minimum Gasteiger partial charge on any atom is -0.370 e. The van der Waals surface area contributed by atoms with E-state index >= 15 is 0 Å². The minimum atomic E-state index is 0.479. The van der Waals surface area contributed by atoms with Crippen LogP contribution in [0.4, 0.5) is 5.82 Å². The average molecular weight is 283 g/mol. The zero-order chi connectivity index (χ0) is 14.2. The molecule has 0 radical (unpaired) electrons. The van der Waals surface area contributed by atoms with Crippen molar-refractivity contribution in [1.29, 1.82) is 0 Å². The summed E-state index contributed by atoms with van der Waals surface area (Å²) >= 11 is 0. The van der Waals surface area contributed by atoms with Gasteiger partial charge in [-0.2, -0.15) is 5.10 Å². The highest BCUT2D eigenvalue weighted by Gasteiger charge is 2.21. The Kier molecular flexibility index (Phi) is 2.85. The lowest BCUT2D eigenvalue weighted by Crippen LogP contribution is -2.08. The Morgan fingerprint density at radius 2 is 2.33 bits per heavy atom. The molecule has 1 unspecified atom stereocenters. The first-order chi connectivity index (χ1) is 10.4. The summed E-state index contributed by atoms with van der Waals surface area (Å²) < 4.78 is 2.09. The topological polar surface area (TPSA) is 82.9 Å². The maximum absolute atomic E-state index is 4.80. The van der Waals surface area contributed by atoms with Gasteiger partial charge >= 0.3 is 0 Å². The van der Waals surface area contributed by atoms with E-state index in [1.807, 2.05) is 19.4 Å². The number of hydrogen-bond donors (Lipinski definition) is 3. The van der Waals surface area contributed by atoms with Crippen molar-refractivity contribution in [3.05, 3.63) is 30.5 Å². The van der Waals surface area contributed by atoms with Gasteiger partial charge in [0.1, 0.15) is 0 Å². The average Bonchev–Trinajstić information content (AvgIpc) is 3.24. The Labute approximate surface area is 121 Å². The summed E-state index contributed by atoms with van der Waals surface area (Å²) in [6.07, 6.45) is 8.77. The fourth-order valence-corrected chi connectivity index (χ4v) is 2.88. The van der Waals surface area contributed by atoms with Crippen LogP contribution in [0.25, 0.3) is 16.9 Å². The minimum absolute atomic E-state index is 0.479. The van der Waals surface area contributed by atoms with Crippen molar-refractivity contribution in [1.82, 2.24) is 29.9 Å². The molecule has 0 spiro atoms. The van der Waals surface area contributed by atoms with Gasteiger partial charge in [0, 0.05) is 37.5 Å². The molecule has 0 bridgehead atoms. The number of H-pyrrole nitrogens is 1. The summed E-state index contributed by atoms with van der Waals surface area (Å²) in [5.41, 5.74) is 3.97. The summed E-state index contributed by atoms with van der Waals surface area (Å²) in [5, 5.41) is 13.4. The third kappa shape index (κ3) is 1.97.